The van der Waals surface area contributed by atoms with E-state index < -0.39 is 6.04 Å². The molecule has 0 aromatic carbocycles. The van der Waals surface area contributed by atoms with Gasteiger partial charge in [0.25, 0.3) is 0 Å². The maximum atomic E-state index is 13.6. The van der Waals surface area contributed by atoms with Crippen molar-refractivity contribution < 1.29 is 14.3 Å². The van der Waals surface area contributed by atoms with Crippen LogP contribution in [0, 0.1) is 6.92 Å². The van der Waals surface area contributed by atoms with E-state index >= 15 is 0 Å². The Kier molecular flexibility index (Phi) is 7.08. The van der Waals surface area contributed by atoms with Crippen LogP contribution < -0.4 is 5.32 Å². The van der Waals surface area contributed by atoms with E-state index in [9.17, 15) is 4.79 Å². The van der Waals surface area contributed by atoms with Gasteiger partial charge in [0.15, 0.2) is 5.65 Å². The molecule has 34 heavy (non-hydrogen) atoms. The Balaban J connectivity index is 1.71. The number of methoxy groups -OCH3 is 1. The van der Waals surface area contributed by atoms with E-state index in [1.807, 2.05) is 50.2 Å². The number of nitrogens with zero attached hydrogens (tertiary/aromatic N) is 6. The molecule has 3 aromatic rings. The van der Waals surface area contributed by atoms with Gasteiger partial charge in [-0.3, -0.25) is 4.79 Å². The number of rotatable bonds is 7. The van der Waals surface area contributed by atoms with Crippen LogP contribution in [-0.4, -0.2) is 79.9 Å². The van der Waals surface area contributed by atoms with Gasteiger partial charge in [0.1, 0.15) is 23.2 Å². The molecule has 1 saturated heterocycles. The second-order valence-corrected chi connectivity index (χ2v) is 8.79. The molecule has 10 heteroatoms. The second kappa shape index (κ2) is 10.0. The highest BCUT2D eigenvalue weighted by molar-refractivity contribution is 5.92. The molecule has 1 amide bonds. The molecule has 0 aliphatic carbocycles. The number of amides is 1. The van der Waals surface area contributed by atoms with E-state index in [0.29, 0.717) is 31.0 Å². The van der Waals surface area contributed by atoms with Crippen molar-refractivity contribution in [3.05, 3.63) is 30.5 Å². The van der Waals surface area contributed by atoms with Gasteiger partial charge in [-0.1, -0.05) is 0 Å². The number of carbonyl (C=O) groups is 1. The van der Waals surface area contributed by atoms with Crippen LogP contribution in [0.4, 0.5) is 5.69 Å². The number of imidazole rings is 1. The van der Waals surface area contributed by atoms with Gasteiger partial charge in [-0.25, -0.2) is 19.9 Å². The second-order valence-electron chi connectivity index (χ2n) is 8.79. The van der Waals surface area contributed by atoms with Crippen LogP contribution in [0.2, 0.25) is 0 Å². The van der Waals surface area contributed by atoms with Gasteiger partial charge in [-0.15, -0.1) is 0 Å². The van der Waals surface area contributed by atoms with Gasteiger partial charge >= 0.3 is 0 Å². The molecule has 4 heterocycles. The molecule has 0 saturated carbocycles. The monoisotopic (exact) mass is 467 g/mol. The first-order chi connectivity index (χ1) is 16.3. The molecule has 0 bridgehead atoms. The minimum atomic E-state index is -0.592. The lowest BCUT2D eigenvalue weighted by molar-refractivity contribution is -0.146. The number of nitrogens with one attached hydrogen (secondary N) is 1. The zero-order chi connectivity index (χ0) is 24.4. The maximum Gasteiger partial charge on any atom is 0.247 e. The van der Waals surface area contributed by atoms with Crippen molar-refractivity contribution in [1.82, 2.24) is 29.4 Å². The summed E-state index contributed by atoms with van der Waals surface area (Å²) in [7, 11) is 1.61. The van der Waals surface area contributed by atoms with Crippen LogP contribution in [0.3, 0.4) is 0 Å². The summed E-state index contributed by atoms with van der Waals surface area (Å²) in [4.78, 5) is 33.5. The number of hydrogen-bond acceptors (Lipinski definition) is 8. The molecule has 1 aliphatic rings. The Labute approximate surface area is 199 Å². The average Bonchev–Trinajstić information content (AvgIpc) is 3.21. The predicted octanol–water partition coefficient (Wildman–Crippen LogP) is 2.67. The van der Waals surface area contributed by atoms with Gasteiger partial charge in [0.05, 0.1) is 29.6 Å². The third-order valence-corrected chi connectivity index (χ3v) is 6.14. The average molecular weight is 468 g/mol. The molecule has 2 unspecified atom stereocenters. The fourth-order valence-corrected chi connectivity index (χ4v) is 4.40. The van der Waals surface area contributed by atoms with E-state index in [4.69, 9.17) is 14.5 Å². The largest absolute Gasteiger partial charge is 0.379 e. The first-order valence-electron chi connectivity index (χ1n) is 11.7. The zero-order valence-corrected chi connectivity index (χ0v) is 20.6. The van der Waals surface area contributed by atoms with E-state index in [2.05, 4.69) is 20.3 Å². The van der Waals surface area contributed by atoms with E-state index in [1.54, 1.807) is 25.7 Å². The fourth-order valence-electron chi connectivity index (χ4n) is 4.40. The molecule has 0 radical (unpaired) electrons. The number of fused-ring (bicyclic) bond motifs is 1. The third-order valence-electron chi connectivity index (χ3n) is 6.14. The van der Waals surface area contributed by atoms with Crippen molar-refractivity contribution in [2.24, 2.45) is 0 Å². The minimum Gasteiger partial charge on any atom is -0.379 e. The molecule has 182 valence electrons. The fraction of sp³-hybridized carbons (Fsp3) is 0.542. The van der Waals surface area contributed by atoms with Crippen LogP contribution in [-0.2, 0) is 20.8 Å². The summed E-state index contributed by atoms with van der Waals surface area (Å²) in [6, 6.07) is 1.25. The van der Waals surface area contributed by atoms with E-state index in [0.717, 1.165) is 22.7 Å². The van der Waals surface area contributed by atoms with Crippen molar-refractivity contribution in [3.8, 4) is 11.4 Å². The molecule has 1 aliphatic heterocycles. The van der Waals surface area contributed by atoms with Crippen molar-refractivity contribution in [2.75, 3.05) is 25.5 Å². The lowest BCUT2D eigenvalue weighted by Gasteiger charge is -2.38. The Hall–Kier alpha value is -3.11. The summed E-state index contributed by atoms with van der Waals surface area (Å²) in [5.74, 6) is 1.41. The number of carbonyl (C=O) groups excluding carboxylic acids is 1. The normalized spacial score (nSPS) is 20.4. The summed E-state index contributed by atoms with van der Waals surface area (Å²) in [6.07, 6.45) is 4.87. The maximum absolute atomic E-state index is 13.6. The van der Waals surface area contributed by atoms with E-state index in [-0.39, 0.29) is 24.2 Å². The summed E-state index contributed by atoms with van der Waals surface area (Å²) in [5.41, 5.74) is 2.95. The van der Waals surface area contributed by atoms with Crippen molar-refractivity contribution in [1.29, 1.82) is 0 Å². The summed E-state index contributed by atoms with van der Waals surface area (Å²) < 4.78 is 13.4. The van der Waals surface area contributed by atoms with Crippen molar-refractivity contribution >= 4 is 22.8 Å². The topological polar surface area (TPSA) is 107 Å². The molecule has 0 spiro atoms. The van der Waals surface area contributed by atoms with E-state index in [1.165, 1.54) is 0 Å². The first-order valence-corrected chi connectivity index (χ1v) is 11.7. The molecule has 3 aromatic heterocycles. The summed E-state index contributed by atoms with van der Waals surface area (Å²) in [6.45, 7) is 11.5. The highest BCUT2D eigenvalue weighted by atomic mass is 16.5. The molecule has 4 atom stereocenters. The van der Waals surface area contributed by atoms with Gasteiger partial charge in [0.2, 0.25) is 5.91 Å². The lowest BCUT2D eigenvalue weighted by atomic mass is 10.1. The third kappa shape index (κ3) is 4.74. The van der Waals surface area contributed by atoms with Crippen LogP contribution >= 0.6 is 0 Å². The smallest absolute Gasteiger partial charge is 0.247 e. The first kappa shape index (κ1) is 24.0. The number of aromatic nitrogens is 5. The molecule has 1 N–H and O–H groups in total. The highest BCUT2D eigenvalue weighted by Crippen LogP contribution is 2.28. The Morgan fingerprint density at radius 2 is 1.91 bits per heavy atom. The van der Waals surface area contributed by atoms with Crippen molar-refractivity contribution in [2.45, 2.75) is 65.5 Å². The molecule has 10 nitrogen and oxygen atoms in total. The van der Waals surface area contributed by atoms with Crippen LogP contribution in [0.1, 0.15) is 33.5 Å². The molecule has 1 fully saturated rings. The molecular formula is C24H33N7O3. The standard InChI is InChI=1S/C24H33N7O3/c1-7-31-22(18-10-26-17(5)27-11-18)29-21-19(8-9-25-23(21)31)28-20(16(4)33-6)24(32)30-12-14(2)34-15(3)13-30/h8-11,14-16,20H,7,12-13H2,1-6H3,(H,25,28)/t14?,15?,16-,20-/m0/s1. The quantitative estimate of drug-likeness (QED) is 0.565. The Morgan fingerprint density at radius 3 is 2.53 bits per heavy atom. The van der Waals surface area contributed by atoms with Crippen LogP contribution in [0.25, 0.3) is 22.6 Å². The van der Waals surface area contributed by atoms with Gasteiger partial charge in [-0.05, 0) is 40.7 Å². The zero-order valence-electron chi connectivity index (χ0n) is 20.6. The molecule has 4 rings (SSSR count). The van der Waals surface area contributed by atoms with Gasteiger partial charge in [-0.2, -0.15) is 0 Å². The Morgan fingerprint density at radius 1 is 1.24 bits per heavy atom. The minimum absolute atomic E-state index is 0.0154. The number of ether oxygens (including phenoxy) is 2. The SMILES string of the molecule is CCn1c(-c2cnc(C)nc2)nc2c(N[C@H](C(=O)N3CC(C)OC(C)C3)[C@H](C)OC)ccnc21. The van der Waals surface area contributed by atoms with Crippen molar-refractivity contribution in [3.63, 3.8) is 0 Å². The van der Waals surface area contributed by atoms with Gasteiger partial charge < -0.3 is 24.3 Å². The number of morpholine rings is 1. The number of pyridine rings is 1. The summed E-state index contributed by atoms with van der Waals surface area (Å²) >= 11 is 0. The summed E-state index contributed by atoms with van der Waals surface area (Å²) in [5, 5.41) is 3.42. The van der Waals surface area contributed by atoms with Crippen LogP contribution in [0.15, 0.2) is 24.7 Å². The lowest BCUT2D eigenvalue weighted by Crippen LogP contribution is -2.55. The number of hydrogen-bond donors (Lipinski definition) is 1. The van der Waals surface area contributed by atoms with Crippen LogP contribution in [0.5, 0.6) is 0 Å². The predicted molar refractivity (Wildman–Crippen MR) is 129 cm³/mol. The Bertz CT molecular complexity index is 1140. The highest BCUT2D eigenvalue weighted by Gasteiger charge is 2.34. The molecular weight excluding hydrogens is 434 g/mol. The number of anilines is 1. The van der Waals surface area contributed by atoms with Gasteiger partial charge in [0, 0.05) is 45.3 Å². The number of aryl methyl sites for hydroxylation is 2.